The second-order valence-electron chi connectivity index (χ2n) is 4.27. The van der Waals surface area contributed by atoms with Crippen molar-refractivity contribution in [1.29, 1.82) is 0 Å². The summed E-state index contributed by atoms with van der Waals surface area (Å²) in [6, 6.07) is 7.91. The Balaban J connectivity index is 2.15. The van der Waals surface area contributed by atoms with E-state index in [9.17, 15) is 14.0 Å². The first-order chi connectivity index (χ1) is 9.97. The fourth-order valence-corrected chi connectivity index (χ4v) is 2.60. The van der Waals surface area contributed by atoms with Crippen molar-refractivity contribution in [1.82, 2.24) is 0 Å². The number of rotatable bonds is 5. The summed E-state index contributed by atoms with van der Waals surface area (Å²) in [5, 5.41) is 19.1. The molecule has 0 saturated heterocycles. The van der Waals surface area contributed by atoms with E-state index < -0.39 is 17.5 Å². The summed E-state index contributed by atoms with van der Waals surface area (Å²) in [5.74, 6) is -3.50. The van der Waals surface area contributed by atoms with Crippen molar-refractivity contribution < 1.29 is 24.2 Å². The van der Waals surface area contributed by atoms with Gasteiger partial charge < -0.3 is 10.2 Å². The number of aliphatic hydroxyl groups excluding tert-OH is 1. The van der Waals surface area contributed by atoms with Crippen LogP contribution in [0.25, 0.3) is 0 Å². The molecule has 2 rings (SSSR count). The standard InChI is InChI=1S/C15H11FO4S/c16-12-4-2-1-3-9(12)5-11-6-10(8-21-11)13(17)7-14(18)15(19)20/h1-4,6-8,18H,5H2,(H,19,20)/b14-7-. The van der Waals surface area contributed by atoms with Gasteiger partial charge in [-0.3, -0.25) is 4.79 Å². The van der Waals surface area contributed by atoms with Crippen LogP contribution < -0.4 is 0 Å². The zero-order valence-corrected chi connectivity index (χ0v) is 11.6. The van der Waals surface area contributed by atoms with E-state index in [2.05, 4.69) is 0 Å². The predicted octanol–water partition coefficient (Wildman–Crippen LogP) is 3.19. The van der Waals surface area contributed by atoms with Gasteiger partial charge in [0.25, 0.3) is 0 Å². The van der Waals surface area contributed by atoms with Crippen molar-refractivity contribution >= 4 is 23.1 Å². The van der Waals surface area contributed by atoms with Gasteiger partial charge in [0, 0.05) is 28.3 Å². The molecule has 0 spiro atoms. The number of ketones is 1. The SMILES string of the molecule is O=C(O)/C(O)=C/C(=O)c1csc(Cc2ccccc2F)c1. The number of halogens is 1. The number of hydrogen-bond acceptors (Lipinski definition) is 4. The molecule has 21 heavy (non-hydrogen) atoms. The average molecular weight is 306 g/mol. The molecule has 4 nitrogen and oxygen atoms in total. The summed E-state index contributed by atoms with van der Waals surface area (Å²) in [7, 11) is 0. The molecule has 0 aliphatic heterocycles. The fourth-order valence-electron chi connectivity index (χ4n) is 1.70. The molecule has 108 valence electrons. The molecule has 2 aromatic rings. The summed E-state index contributed by atoms with van der Waals surface area (Å²) in [5.41, 5.74) is 0.779. The van der Waals surface area contributed by atoms with E-state index in [1.165, 1.54) is 17.4 Å². The average Bonchev–Trinajstić information content (AvgIpc) is 2.90. The van der Waals surface area contributed by atoms with Crippen LogP contribution in [0.15, 0.2) is 47.5 Å². The van der Waals surface area contributed by atoms with Gasteiger partial charge in [-0.25, -0.2) is 9.18 Å². The van der Waals surface area contributed by atoms with E-state index in [0.29, 0.717) is 18.1 Å². The summed E-state index contributed by atoms with van der Waals surface area (Å²) in [4.78, 5) is 22.9. The third-order valence-electron chi connectivity index (χ3n) is 2.75. The van der Waals surface area contributed by atoms with Gasteiger partial charge in [0.05, 0.1) is 0 Å². The molecule has 0 aliphatic rings. The van der Waals surface area contributed by atoms with Crippen molar-refractivity contribution in [2.24, 2.45) is 0 Å². The Morgan fingerprint density at radius 2 is 1.95 bits per heavy atom. The maximum absolute atomic E-state index is 13.5. The van der Waals surface area contributed by atoms with Crippen LogP contribution in [0.1, 0.15) is 20.8 Å². The van der Waals surface area contributed by atoms with Crippen LogP contribution >= 0.6 is 11.3 Å². The number of hydrogen-bond donors (Lipinski definition) is 2. The normalized spacial score (nSPS) is 11.4. The molecular weight excluding hydrogens is 295 g/mol. The number of carboxylic acids is 1. The molecule has 0 unspecified atom stereocenters. The number of allylic oxidation sites excluding steroid dienone is 1. The Morgan fingerprint density at radius 1 is 1.24 bits per heavy atom. The summed E-state index contributed by atoms with van der Waals surface area (Å²) < 4.78 is 13.5. The largest absolute Gasteiger partial charge is 0.502 e. The van der Waals surface area contributed by atoms with E-state index in [4.69, 9.17) is 10.2 Å². The number of aliphatic hydroxyl groups is 1. The highest BCUT2D eigenvalue weighted by molar-refractivity contribution is 7.10. The highest BCUT2D eigenvalue weighted by atomic mass is 32.1. The summed E-state index contributed by atoms with van der Waals surface area (Å²) in [6.07, 6.45) is 0.997. The third kappa shape index (κ3) is 3.76. The van der Waals surface area contributed by atoms with Gasteiger partial charge >= 0.3 is 5.97 Å². The highest BCUT2D eigenvalue weighted by Crippen LogP contribution is 2.21. The zero-order valence-electron chi connectivity index (χ0n) is 10.7. The Labute approximate surface area is 123 Å². The van der Waals surface area contributed by atoms with Crippen molar-refractivity contribution in [3.8, 4) is 0 Å². The molecule has 0 fully saturated rings. The molecule has 2 N–H and O–H groups in total. The van der Waals surface area contributed by atoms with Crippen LogP contribution in [0.4, 0.5) is 4.39 Å². The van der Waals surface area contributed by atoms with Crippen LogP contribution in [0.3, 0.4) is 0 Å². The second-order valence-corrected chi connectivity index (χ2v) is 5.26. The van der Waals surface area contributed by atoms with Crippen LogP contribution in [-0.2, 0) is 11.2 Å². The van der Waals surface area contributed by atoms with Gasteiger partial charge in [-0.2, -0.15) is 0 Å². The number of benzene rings is 1. The predicted molar refractivity (Wildman–Crippen MR) is 76.2 cm³/mol. The van der Waals surface area contributed by atoms with Crippen LogP contribution in [0, 0.1) is 5.82 Å². The number of carboxylic acid groups (broad SMARTS) is 1. The number of thiophene rings is 1. The van der Waals surface area contributed by atoms with Crippen molar-refractivity contribution in [2.75, 3.05) is 0 Å². The topological polar surface area (TPSA) is 74.6 Å². The maximum atomic E-state index is 13.5. The van der Waals surface area contributed by atoms with Crippen LogP contribution in [0.5, 0.6) is 0 Å². The third-order valence-corrected chi connectivity index (χ3v) is 3.68. The molecule has 0 bridgehead atoms. The Morgan fingerprint density at radius 3 is 2.62 bits per heavy atom. The van der Waals surface area contributed by atoms with Crippen LogP contribution in [-0.4, -0.2) is 22.0 Å². The van der Waals surface area contributed by atoms with Gasteiger partial charge in [-0.1, -0.05) is 18.2 Å². The lowest BCUT2D eigenvalue weighted by Gasteiger charge is -1.99. The number of aliphatic carboxylic acids is 1. The fraction of sp³-hybridized carbons (Fsp3) is 0.0667. The zero-order chi connectivity index (χ0) is 15.4. The lowest BCUT2D eigenvalue weighted by Crippen LogP contribution is -2.03. The quantitative estimate of drug-likeness (QED) is 0.505. The van der Waals surface area contributed by atoms with E-state index in [1.54, 1.807) is 29.6 Å². The lowest BCUT2D eigenvalue weighted by atomic mass is 10.1. The Hall–Kier alpha value is -2.47. The van der Waals surface area contributed by atoms with Gasteiger partial charge in [0.15, 0.2) is 5.78 Å². The molecule has 1 aromatic carbocycles. The van der Waals surface area contributed by atoms with E-state index in [0.717, 1.165) is 4.88 Å². The summed E-state index contributed by atoms with van der Waals surface area (Å²) in [6.45, 7) is 0. The minimum absolute atomic E-state index is 0.263. The first-order valence-electron chi connectivity index (χ1n) is 5.96. The first kappa shape index (κ1) is 14.9. The minimum Gasteiger partial charge on any atom is -0.502 e. The van der Waals surface area contributed by atoms with Gasteiger partial charge in [-0.05, 0) is 17.7 Å². The minimum atomic E-state index is -1.56. The molecule has 1 heterocycles. The molecule has 0 aliphatic carbocycles. The second kappa shape index (κ2) is 6.32. The van der Waals surface area contributed by atoms with Crippen molar-refractivity contribution in [2.45, 2.75) is 6.42 Å². The maximum Gasteiger partial charge on any atom is 0.371 e. The van der Waals surface area contributed by atoms with Crippen molar-refractivity contribution in [3.63, 3.8) is 0 Å². The number of carbonyl (C=O) groups excluding carboxylic acids is 1. The monoisotopic (exact) mass is 306 g/mol. The Kier molecular flexibility index (Phi) is 4.49. The van der Waals surface area contributed by atoms with Crippen molar-refractivity contribution in [3.05, 3.63) is 69.4 Å². The smallest absolute Gasteiger partial charge is 0.371 e. The number of carbonyl (C=O) groups is 2. The molecular formula is C15H11FO4S. The molecule has 1 aromatic heterocycles. The molecule has 6 heteroatoms. The summed E-state index contributed by atoms with van der Waals surface area (Å²) >= 11 is 1.27. The van der Waals surface area contributed by atoms with E-state index in [-0.39, 0.29) is 11.4 Å². The van der Waals surface area contributed by atoms with E-state index in [1.807, 2.05) is 0 Å². The van der Waals surface area contributed by atoms with E-state index >= 15 is 0 Å². The molecule has 0 saturated carbocycles. The Bertz CT molecular complexity index is 718. The molecule has 0 atom stereocenters. The van der Waals surface area contributed by atoms with Gasteiger partial charge in [0.1, 0.15) is 5.82 Å². The van der Waals surface area contributed by atoms with Gasteiger partial charge in [0.2, 0.25) is 5.76 Å². The molecule has 0 amide bonds. The highest BCUT2D eigenvalue weighted by Gasteiger charge is 2.12. The van der Waals surface area contributed by atoms with Crippen LogP contribution in [0.2, 0.25) is 0 Å². The molecule has 0 radical (unpaired) electrons. The van der Waals surface area contributed by atoms with Gasteiger partial charge in [-0.15, -0.1) is 11.3 Å². The first-order valence-corrected chi connectivity index (χ1v) is 6.84. The lowest BCUT2D eigenvalue weighted by molar-refractivity contribution is -0.135.